The van der Waals surface area contributed by atoms with Crippen molar-refractivity contribution in [1.29, 1.82) is 0 Å². The Bertz CT molecular complexity index is 672. The van der Waals surface area contributed by atoms with Crippen molar-refractivity contribution in [2.75, 3.05) is 5.73 Å². The molecular weight excluding hydrogens is 218 g/mol. The number of hydrogen-bond donors (Lipinski definition) is 1. The molecule has 0 aliphatic carbocycles. The highest BCUT2D eigenvalue weighted by molar-refractivity contribution is 7.13. The van der Waals surface area contributed by atoms with Gasteiger partial charge >= 0.3 is 0 Å². The molecule has 0 atom stereocenters. The van der Waals surface area contributed by atoms with Gasteiger partial charge in [-0.1, -0.05) is 13.0 Å². The zero-order valence-corrected chi connectivity index (χ0v) is 9.71. The summed E-state index contributed by atoms with van der Waals surface area (Å²) in [5.74, 6) is 0.580. The largest absolute Gasteiger partial charge is 0.382 e. The van der Waals surface area contributed by atoms with E-state index in [-0.39, 0.29) is 0 Å². The average molecular weight is 229 g/mol. The number of aromatic nitrogens is 2. The van der Waals surface area contributed by atoms with Crippen LogP contribution in [0.4, 0.5) is 5.82 Å². The topological polar surface area (TPSA) is 51.8 Å². The molecule has 1 aromatic carbocycles. The van der Waals surface area contributed by atoms with E-state index in [9.17, 15) is 0 Å². The van der Waals surface area contributed by atoms with Gasteiger partial charge in [0.25, 0.3) is 0 Å². The van der Waals surface area contributed by atoms with E-state index in [0.29, 0.717) is 5.82 Å². The van der Waals surface area contributed by atoms with Crippen LogP contribution in [0.1, 0.15) is 12.5 Å². The van der Waals surface area contributed by atoms with Gasteiger partial charge in [-0.3, -0.25) is 0 Å². The summed E-state index contributed by atoms with van der Waals surface area (Å²) in [5, 5.41) is 2.10. The molecule has 0 bridgehead atoms. The van der Waals surface area contributed by atoms with Gasteiger partial charge in [-0.2, -0.15) is 4.37 Å². The molecule has 3 rings (SSSR count). The lowest BCUT2D eigenvalue weighted by Crippen LogP contribution is -1.86. The van der Waals surface area contributed by atoms with E-state index in [1.807, 2.05) is 0 Å². The van der Waals surface area contributed by atoms with E-state index in [1.165, 1.54) is 17.1 Å². The summed E-state index contributed by atoms with van der Waals surface area (Å²) >= 11 is 1.35. The number of pyridine rings is 1. The summed E-state index contributed by atoms with van der Waals surface area (Å²) in [6, 6.07) is 8.42. The van der Waals surface area contributed by atoms with Gasteiger partial charge in [0.1, 0.15) is 10.6 Å². The van der Waals surface area contributed by atoms with Crippen LogP contribution >= 0.6 is 11.5 Å². The Morgan fingerprint density at radius 1 is 1.31 bits per heavy atom. The maximum Gasteiger partial charge on any atom is 0.146 e. The quantitative estimate of drug-likeness (QED) is 0.698. The third-order valence-electron chi connectivity index (χ3n) is 2.76. The van der Waals surface area contributed by atoms with Crippen molar-refractivity contribution in [3.63, 3.8) is 0 Å². The highest BCUT2D eigenvalue weighted by Gasteiger charge is 2.06. The second-order valence-electron chi connectivity index (χ2n) is 3.79. The third-order valence-corrected chi connectivity index (χ3v) is 3.53. The van der Waals surface area contributed by atoms with E-state index < -0.39 is 0 Å². The second kappa shape index (κ2) is 3.42. The van der Waals surface area contributed by atoms with Crippen LogP contribution < -0.4 is 5.73 Å². The fraction of sp³-hybridized carbons (Fsp3) is 0.167. The van der Waals surface area contributed by atoms with Crippen molar-refractivity contribution in [3.8, 4) is 0 Å². The minimum atomic E-state index is 0.580. The smallest absolute Gasteiger partial charge is 0.146 e. The summed E-state index contributed by atoms with van der Waals surface area (Å²) in [6.45, 7) is 2.15. The number of aryl methyl sites for hydroxylation is 1. The molecule has 4 heteroatoms. The number of nitrogens with zero attached hydrogens (tertiary/aromatic N) is 2. The van der Waals surface area contributed by atoms with Crippen LogP contribution in [-0.2, 0) is 6.42 Å². The maximum absolute atomic E-state index is 5.80. The molecule has 0 saturated heterocycles. The zero-order chi connectivity index (χ0) is 11.1. The number of nitrogen functional groups attached to an aromatic ring is 1. The van der Waals surface area contributed by atoms with Crippen molar-refractivity contribution in [1.82, 2.24) is 9.36 Å². The highest BCUT2D eigenvalue weighted by atomic mass is 32.1. The van der Waals surface area contributed by atoms with Crippen molar-refractivity contribution in [2.45, 2.75) is 13.3 Å². The van der Waals surface area contributed by atoms with Gasteiger partial charge in [-0.05, 0) is 41.7 Å². The molecule has 0 saturated carbocycles. The van der Waals surface area contributed by atoms with Crippen LogP contribution in [-0.4, -0.2) is 9.36 Å². The minimum absolute atomic E-state index is 0.580. The average Bonchev–Trinajstić information content (AvgIpc) is 2.67. The van der Waals surface area contributed by atoms with Gasteiger partial charge in [0.05, 0.1) is 10.9 Å². The molecule has 0 aliphatic rings. The molecule has 2 aromatic heterocycles. The lowest BCUT2D eigenvalue weighted by Gasteiger charge is -2.00. The molecule has 0 fully saturated rings. The fourth-order valence-electron chi connectivity index (χ4n) is 1.82. The molecular formula is C12H11N3S. The Morgan fingerprint density at radius 2 is 2.19 bits per heavy atom. The van der Waals surface area contributed by atoms with Crippen LogP contribution in [0.25, 0.3) is 21.1 Å². The Kier molecular flexibility index (Phi) is 2.04. The standard InChI is InChI=1S/C12H11N3S/c1-2-7-3-4-10-8(5-7)6-9-11(13)15-16-12(9)14-10/h3-6H,2H2,1H3,(H2,13,15). The highest BCUT2D eigenvalue weighted by Crippen LogP contribution is 2.27. The Balaban J connectivity index is 2.39. The first-order chi connectivity index (χ1) is 7.78. The van der Waals surface area contributed by atoms with E-state index in [1.54, 1.807) is 0 Å². The number of anilines is 1. The van der Waals surface area contributed by atoms with E-state index >= 15 is 0 Å². The number of fused-ring (bicyclic) bond motifs is 2. The Hall–Kier alpha value is -1.68. The van der Waals surface area contributed by atoms with Crippen LogP contribution in [0.5, 0.6) is 0 Å². The van der Waals surface area contributed by atoms with Crippen molar-refractivity contribution >= 4 is 38.5 Å². The first kappa shape index (κ1) is 9.54. The van der Waals surface area contributed by atoms with E-state index in [0.717, 1.165) is 27.5 Å². The second-order valence-corrected chi connectivity index (χ2v) is 4.54. The monoisotopic (exact) mass is 229 g/mol. The number of nitrogens with two attached hydrogens (primary N) is 1. The first-order valence-corrected chi connectivity index (χ1v) is 6.00. The van der Waals surface area contributed by atoms with E-state index in [2.05, 4.69) is 40.5 Å². The predicted molar refractivity (Wildman–Crippen MR) is 68.7 cm³/mol. The molecule has 0 radical (unpaired) electrons. The first-order valence-electron chi connectivity index (χ1n) is 5.22. The summed E-state index contributed by atoms with van der Waals surface area (Å²) in [4.78, 5) is 5.46. The minimum Gasteiger partial charge on any atom is -0.382 e. The Labute approximate surface area is 97.1 Å². The van der Waals surface area contributed by atoms with Gasteiger partial charge in [-0.15, -0.1) is 0 Å². The predicted octanol–water partition coefficient (Wildman–Crippen LogP) is 2.99. The Morgan fingerprint density at radius 3 is 3.00 bits per heavy atom. The lowest BCUT2D eigenvalue weighted by molar-refractivity contribution is 1.15. The van der Waals surface area contributed by atoms with Crippen LogP contribution in [0.2, 0.25) is 0 Å². The van der Waals surface area contributed by atoms with Gasteiger partial charge in [0, 0.05) is 5.39 Å². The maximum atomic E-state index is 5.80. The molecule has 2 heterocycles. The van der Waals surface area contributed by atoms with Gasteiger partial charge in [0.15, 0.2) is 0 Å². The molecule has 0 amide bonds. The molecule has 0 spiro atoms. The van der Waals surface area contributed by atoms with Crippen molar-refractivity contribution in [3.05, 3.63) is 29.8 Å². The molecule has 0 aliphatic heterocycles. The van der Waals surface area contributed by atoms with Crippen molar-refractivity contribution < 1.29 is 0 Å². The zero-order valence-electron chi connectivity index (χ0n) is 8.90. The van der Waals surface area contributed by atoms with Crippen LogP contribution in [0.15, 0.2) is 24.3 Å². The number of rotatable bonds is 1. The molecule has 80 valence electrons. The molecule has 3 nitrogen and oxygen atoms in total. The number of hydrogen-bond acceptors (Lipinski definition) is 4. The van der Waals surface area contributed by atoms with Gasteiger partial charge in [0.2, 0.25) is 0 Å². The van der Waals surface area contributed by atoms with Crippen LogP contribution in [0, 0.1) is 0 Å². The summed E-state index contributed by atoms with van der Waals surface area (Å²) < 4.78 is 4.12. The molecule has 16 heavy (non-hydrogen) atoms. The normalized spacial score (nSPS) is 11.3. The summed E-state index contributed by atoms with van der Waals surface area (Å²) in [7, 11) is 0. The van der Waals surface area contributed by atoms with Gasteiger partial charge < -0.3 is 5.73 Å². The van der Waals surface area contributed by atoms with Crippen LogP contribution in [0.3, 0.4) is 0 Å². The SMILES string of the molecule is CCc1ccc2nc3snc(N)c3cc2c1. The number of benzene rings is 1. The third kappa shape index (κ3) is 1.34. The lowest BCUT2D eigenvalue weighted by atomic mass is 10.1. The van der Waals surface area contributed by atoms with Gasteiger partial charge in [-0.25, -0.2) is 4.98 Å². The van der Waals surface area contributed by atoms with E-state index in [4.69, 9.17) is 5.73 Å². The molecule has 0 unspecified atom stereocenters. The fourth-order valence-corrected chi connectivity index (χ4v) is 2.51. The summed E-state index contributed by atoms with van der Waals surface area (Å²) in [6.07, 6.45) is 1.03. The molecule has 2 N–H and O–H groups in total. The summed E-state index contributed by atoms with van der Waals surface area (Å²) in [5.41, 5.74) is 8.12. The molecule has 3 aromatic rings. The van der Waals surface area contributed by atoms with Crippen molar-refractivity contribution in [2.24, 2.45) is 0 Å².